The van der Waals surface area contributed by atoms with E-state index in [1.807, 2.05) is 25.1 Å². The van der Waals surface area contributed by atoms with Gasteiger partial charge in [0.15, 0.2) is 9.84 Å². The van der Waals surface area contributed by atoms with Gasteiger partial charge in [0.25, 0.3) is 0 Å². The van der Waals surface area contributed by atoms with Gasteiger partial charge < -0.3 is 10.6 Å². The number of sulfone groups is 1. The van der Waals surface area contributed by atoms with Crippen LogP contribution in [-0.2, 0) is 9.84 Å². The second-order valence-corrected chi connectivity index (χ2v) is 7.92. The largest absolute Gasteiger partial charge is 0.369 e. The Morgan fingerprint density at radius 2 is 2.22 bits per heavy atom. The van der Waals surface area contributed by atoms with Crippen molar-refractivity contribution < 1.29 is 8.42 Å². The Kier molecular flexibility index (Phi) is 3.99. The Labute approximate surface area is 116 Å². The second kappa shape index (κ2) is 5.19. The van der Waals surface area contributed by atoms with Crippen LogP contribution in [0.2, 0.25) is 0 Å². The van der Waals surface area contributed by atoms with Gasteiger partial charge in [-0.15, -0.1) is 0 Å². The number of benzene rings is 1. The fraction of sp³-hybridized carbons (Fsp3) is 0.500. The molecule has 1 unspecified atom stereocenters. The van der Waals surface area contributed by atoms with Crippen molar-refractivity contribution in [1.82, 2.24) is 0 Å². The van der Waals surface area contributed by atoms with Crippen LogP contribution in [0.5, 0.6) is 0 Å². The van der Waals surface area contributed by atoms with Crippen LogP contribution >= 0.6 is 15.9 Å². The quantitative estimate of drug-likeness (QED) is 0.887. The number of anilines is 1. The minimum absolute atomic E-state index is 0.185. The van der Waals surface area contributed by atoms with Crippen LogP contribution in [0.3, 0.4) is 0 Å². The van der Waals surface area contributed by atoms with Crippen LogP contribution in [-0.4, -0.2) is 39.1 Å². The summed E-state index contributed by atoms with van der Waals surface area (Å²) in [7, 11) is -3.01. The third kappa shape index (κ3) is 2.70. The number of hydrogen-bond donors (Lipinski definition) is 1. The molecule has 0 aromatic heterocycles. The molecule has 1 heterocycles. The van der Waals surface area contributed by atoms with Crippen LogP contribution in [0.15, 0.2) is 22.7 Å². The van der Waals surface area contributed by atoms with Crippen molar-refractivity contribution in [2.24, 2.45) is 5.73 Å². The van der Waals surface area contributed by atoms with Gasteiger partial charge in [0, 0.05) is 29.8 Å². The summed E-state index contributed by atoms with van der Waals surface area (Å²) in [6.07, 6.45) is 0. The van der Waals surface area contributed by atoms with E-state index in [-0.39, 0.29) is 12.3 Å². The van der Waals surface area contributed by atoms with Crippen molar-refractivity contribution in [3.63, 3.8) is 0 Å². The lowest BCUT2D eigenvalue weighted by atomic mass is 10.1. The Morgan fingerprint density at radius 1 is 1.50 bits per heavy atom. The molecule has 2 N–H and O–H groups in total. The van der Waals surface area contributed by atoms with Gasteiger partial charge in [0.05, 0.1) is 11.0 Å². The number of hydrogen-bond acceptors (Lipinski definition) is 4. The highest BCUT2D eigenvalue weighted by molar-refractivity contribution is 9.10. The first-order valence-corrected chi connectivity index (χ1v) is 8.37. The number of rotatable bonds is 2. The first-order valence-electron chi connectivity index (χ1n) is 5.87. The summed E-state index contributed by atoms with van der Waals surface area (Å²) >= 11 is 3.43. The molecule has 2 rings (SSSR count). The third-order valence-corrected chi connectivity index (χ3v) is 5.94. The number of nitrogens with two attached hydrogens (primary N) is 1. The fourth-order valence-electron chi connectivity index (χ4n) is 2.27. The van der Waals surface area contributed by atoms with Crippen molar-refractivity contribution in [3.8, 4) is 0 Å². The molecule has 0 aliphatic carbocycles. The van der Waals surface area contributed by atoms with Crippen LogP contribution in [0.1, 0.15) is 5.56 Å². The van der Waals surface area contributed by atoms with Crippen LogP contribution in [0.4, 0.5) is 5.69 Å². The molecule has 1 aliphatic rings. The van der Waals surface area contributed by atoms with Gasteiger partial charge in [0.1, 0.15) is 0 Å². The minimum Gasteiger partial charge on any atom is -0.369 e. The maximum Gasteiger partial charge on any atom is 0.157 e. The molecular weight excluding hydrogens is 316 g/mol. The predicted octanol–water partition coefficient (Wildman–Crippen LogP) is 1.32. The van der Waals surface area contributed by atoms with E-state index < -0.39 is 15.1 Å². The molecule has 1 fully saturated rings. The highest BCUT2D eigenvalue weighted by Gasteiger charge is 2.32. The van der Waals surface area contributed by atoms with E-state index in [0.717, 1.165) is 15.7 Å². The highest BCUT2D eigenvalue weighted by atomic mass is 79.9. The lowest BCUT2D eigenvalue weighted by Crippen LogP contribution is -2.50. The predicted molar refractivity (Wildman–Crippen MR) is 77.7 cm³/mol. The molecule has 6 heteroatoms. The van der Waals surface area contributed by atoms with E-state index >= 15 is 0 Å². The summed E-state index contributed by atoms with van der Waals surface area (Å²) < 4.78 is 24.7. The lowest BCUT2D eigenvalue weighted by Gasteiger charge is -2.34. The van der Waals surface area contributed by atoms with E-state index in [2.05, 4.69) is 20.8 Å². The van der Waals surface area contributed by atoms with Crippen molar-refractivity contribution in [2.75, 3.05) is 30.3 Å². The number of aryl methyl sites for hydroxylation is 1. The molecule has 1 saturated heterocycles. The van der Waals surface area contributed by atoms with Crippen molar-refractivity contribution in [3.05, 3.63) is 28.2 Å². The molecule has 1 aliphatic heterocycles. The second-order valence-electron chi connectivity index (χ2n) is 4.60. The van der Waals surface area contributed by atoms with E-state index in [1.54, 1.807) is 0 Å². The average Bonchev–Trinajstić information content (AvgIpc) is 2.30. The summed E-state index contributed by atoms with van der Waals surface area (Å²) in [6.45, 7) is 3.25. The summed E-state index contributed by atoms with van der Waals surface area (Å²) in [6, 6.07) is 6.03. The SMILES string of the molecule is Cc1cc(Br)ccc1N1CCS(=O)(=O)C(CN)C1. The van der Waals surface area contributed by atoms with Crippen LogP contribution in [0, 0.1) is 6.92 Å². The zero-order valence-electron chi connectivity index (χ0n) is 10.3. The van der Waals surface area contributed by atoms with Crippen LogP contribution in [0.25, 0.3) is 0 Å². The van der Waals surface area contributed by atoms with E-state index in [4.69, 9.17) is 5.73 Å². The van der Waals surface area contributed by atoms with Crippen molar-refractivity contribution in [1.29, 1.82) is 0 Å². The molecule has 1 atom stereocenters. The van der Waals surface area contributed by atoms with E-state index in [1.165, 1.54) is 0 Å². The highest BCUT2D eigenvalue weighted by Crippen LogP contribution is 2.26. The molecule has 0 spiro atoms. The van der Waals surface area contributed by atoms with Gasteiger partial charge in [-0.1, -0.05) is 15.9 Å². The number of nitrogens with zero attached hydrogens (tertiary/aromatic N) is 1. The maximum absolute atomic E-state index is 11.8. The Morgan fingerprint density at radius 3 is 2.83 bits per heavy atom. The first kappa shape index (κ1) is 13.8. The summed E-state index contributed by atoms with van der Waals surface area (Å²) in [5.74, 6) is 0.185. The maximum atomic E-state index is 11.8. The standard InChI is InChI=1S/C12H17BrN2O2S/c1-9-6-10(13)2-3-12(9)15-4-5-18(16,17)11(7-14)8-15/h2-3,6,11H,4-5,7-8,14H2,1H3. The number of halogens is 1. The normalized spacial score (nSPS) is 23.1. The van der Waals surface area contributed by atoms with E-state index in [0.29, 0.717) is 13.1 Å². The van der Waals surface area contributed by atoms with Gasteiger partial charge in [0.2, 0.25) is 0 Å². The fourth-order valence-corrected chi connectivity index (χ4v) is 4.25. The smallest absolute Gasteiger partial charge is 0.157 e. The summed E-state index contributed by atoms with van der Waals surface area (Å²) in [5, 5.41) is -0.450. The molecule has 0 amide bonds. The van der Waals surface area contributed by atoms with E-state index in [9.17, 15) is 8.42 Å². The Bertz CT molecular complexity index is 545. The van der Waals surface area contributed by atoms with Crippen molar-refractivity contribution >= 4 is 31.5 Å². The van der Waals surface area contributed by atoms with Gasteiger partial charge in [-0.3, -0.25) is 0 Å². The van der Waals surface area contributed by atoms with Gasteiger partial charge >= 0.3 is 0 Å². The van der Waals surface area contributed by atoms with Gasteiger partial charge in [-0.05, 0) is 30.7 Å². The monoisotopic (exact) mass is 332 g/mol. The van der Waals surface area contributed by atoms with Gasteiger partial charge in [-0.25, -0.2) is 8.42 Å². The summed E-state index contributed by atoms with van der Waals surface area (Å²) in [5.41, 5.74) is 7.80. The molecule has 0 radical (unpaired) electrons. The Balaban J connectivity index is 2.26. The van der Waals surface area contributed by atoms with Crippen molar-refractivity contribution in [2.45, 2.75) is 12.2 Å². The molecule has 0 bridgehead atoms. The minimum atomic E-state index is -3.01. The molecule has 18 heavy (non-hydrogen) atoms. The molecule has 100 valence electrons. The Hall–Kier alpha value is -0.590. The summed E-state index contributed by atoms with van der Waals surface area (Å²) in [4.78, 5) is 2.11. The zero-order chi connectivity index (χ0) is 13.3. The first-order chi connectivity index (χ1) is 8.44. The zero-order valence-corrected chi connectivity index (χ0v) is 12.7. The lowest BCUT2D eigenvalue weighted by molar-refractivity contribution is 0.563. The molecule has 0 saturated carbocycles. The molecule has 1 aromatic carbocycles. The third-order valence-electron chi connectivity index (χ3n) is 3.34. The topological polar surface area (TPSA) is 63.4 Å². The molecule has 4 nitrogen and oxygen atoms in total. The van der Waals surface area contributed by atoms with Crippen LogP contribution < -0.4 is 10.6 Å². The average molecular weight is 333 g/mol. The molecular formula is C12H17BrN2O2S. The molecule has 1 aromatic rings. The van der Waals surface area contributed by atoms with Gasteiger partial charge in [-0.2, -0.15) is 0 Å².